The van der Waals surface area contributed by atoms with Crippen LogP contribution in [0, 0.1) is 11.8 Å². The van der Waals surface area contributed by atoms with Crippen molar-refractivity contribution in [2.45, 2.75) is 45.6 Å². The van der Waals surface area contributed by atoms with Crippen molar-refractivity contribution >= 4 is 15.9 Å². The maximum absolute atomic E-state index is 5.49. The Morgan fingerprint density at radius 1 is 1.19 bits per heavy atom. The molecular formula is C18H28BrNO. The molecule has 0 saturated carbocycles. The molecule has 1 unspecified atom stereocenters. The largest absolute Gasteiger partial charge is 0.381 e. The summed E-state index contributed by atoms with van der Waals surface area (Å²) in [5, 5.41) is 3.63. The number of benzene rings is 1. The predicted molar refractivity (Wildman–Crippen MR) is 92.6 cm³/mol. The summed E-state index contributed by atoms with van der Waals surface area (Å²) in [6.45, 7) is 7.47. The molecule has 1 saturated heterocycles. The van der Waals surface area contributed by atoms with Gasteiger partial charge in [0.15, 0.2) is 0 Å². The lowest BCUT2D eigenvalue weighted by Crippen LogP contribution is -2.32. The smallest absolute Gasteiger partial charge is 0.0468 e. The van der Waals surface area contributed by atoms with E-state index in [2.05, 4.69) is 59.4 Å². The molecule has 0 amide bonds. The van der Waals surface area contributed by atoms with Crippen molar-refractivity contribution in [2.75, 3.05) is 19.8 Å². The average Bonchev–Trinajstić information content (AvgIpc) is 2.48. The normalized spacial score (nSPS) is 18.1. The van der Waals surface area contributed by atoms with Crippen LogP contribution in [0.2, 0.25) is 0 Å². The van der Waals surface area contributed by atoms with E-state index in [1.54, 1.807) is 0 Å². The van der Waals surface area contributed by atoms with Gasteiger partial charge in [0.25, 0.3) is 0 Å². The second-order valence-electron chi connectivity index (χ2n) is 6.55. The third kappa shape index (κ3) is 6.50. The Balaban J connectivity index is 1.91. The minimum atomic E-state index is 0.562. The first-order valence-corrected chi connectivity index (χ1v) is 8.98. The fraction of sp³-hybridized carbons (Fsp3) is 0.667. The van der Waals surface area contributed by atoms with Gasteiger partial charge < -0.3 is 10.1 Å². The number of hydrogen-bond donors (Lipinski definition) is 1. The van der Waals surface area contributed by atoms with E-state index >= 15 is 0 Å². The third-order valence-electron chi connectivity index (χ3n) is 4.26. The van der Waals surface area contributed by atoms with Gasteiger partial charge >= 0.3 is 0 Å². The highest BCUT2D eigenvalue weighted by atomic mass is 79.9. The van der Waals surface area contributed by atoms with Gasteiger partial charge in [0.05, 0.1) is 0 Å². The van der Waals surface area contributed by atoms with Crippen molar-refractivity contribution in [2.24, 2.45) is 11.8 Å². The zero-order valence-corrected chi connectivity index (χ0v) is 14.9. The Hall–Kier alpha value is -0.380. The lowest BCUT2D eigenvalue weighted by Gasteiger charge is -2.27. The Bertz CT molecular complexity index is 398. The summed E-state index contributed by atoms with van der Waals surface area (Å²) in [5.41, 5.74) is 1.45. The van der Waals surface area contributed by atoms with E-state index in [4.69, 9.17) is 4.74 Å². The third-order valence-corrected chi connectivity index (χ3v) is 4.79. The fourth-order valence-electron chi connectivity index (χ4n) is 3.05. The van der Waals surface area contributed by atoms with E-state index in [1.165, 1.54) is 31.2 Å². The second kappa shape index (κ2) is 8.92. The maximum Gasteiger partial charge on any atom is 0.0468 e. The number of halogens is 1. The zero-order valence-electron chi connectivity index (χ0n) is 13.3. The van der Waals surface area contributed by atoms with E-state index in [-0.39, 0.29) is 0 Å². The quantitative estimate of drug-likeness (QED) is 0.783. The number of ether oxygens (including phenoxy) is 1. The van der Waals surface area contributed by atoms with Crippen LogP contribution in [0.1, 0.15) is 38.7 Å². The molecule has 1 atom stereocenters. The van der Waals surface area contributed by atoms with Crippen molar-refractivity contribution in [3.63, 3.8) is 0 Å². The molecule has 1 aliphatic rings. The summed E-state index contributed by atoms with van der Waals surface area (Å²) >= 11 is 3.51. The topological polar surface area (TPSA) is 21.3 Å². The lowest BCUT2D eigenvalue weighted by molar-refractivity contribution is 0.0584. The molecule has 0 aromatic heterocycles. The Labute approximate surface area is 137 Å². The van der Waals surface area contributed by atoms with Crippen molar-refractivity contribution < 1.29 is 4.74 Å². The summed E-state index contributed by atoms with van der Waals surface area (Å²) < 4.78 is 6.65. The maximum atomic E-state index is 5.49. The number of rotatable bonds is 7. The van der Waals surface area contributed by atoms with Gasteiger partial charge in [-0.3, -0.25) is 0 Å². The van der Waals surface area contributed by atoms with Gasteiger partial charge in [0, 0.05) is 23.7 Å². The van der Waals surface area contributed by atoms with Crippen LogP contribution in [0.25, 0.3) is 0 Å². The van der Waals surface area contributed by atoms with Gasteiger partial charge in [-0.1, -0.05) is 41.9 Å². The van der Waals surface area contributed by atoms with Crippen LogP contribution < -0.4 is 5.32 Å². The number of hydrogen-bond acceptors (Lipinski definition) is 2. The SMILES string of the molecule is CC(C)NCC(Cc1ccc(Br)cc1)CC1CCOCC1. The van der Waals surface area contributed by atoms with E-state index in [0.717, 1.165) is 36.1 Å². The standard InChI is InChI=1S/C18H28BrNO/c1-14(2)20-13-17(12-16-7-9-21-10-8-16)11-15-3-5-18(19)6-4-15/h3-6,14,16-17,20H,7-13H2,1-2H3. The van der Waals surface area contributed by atoms with Crippen molar-refractivity contribution in [3.05, 3.63) is 34.3 Å². The molecule has 2 nitrogen and oxygen atoms in total. The summed E-state index contributed by atoms with van der Waals surface area (Å²) in [7, 11) is 0. The van der Waals surface area contributed by atoms with Gasteiger partial charge in [-0.25, -0.2) is 0 Å². The molecule has 3 heteroatoms. The summed E-state index contributed by atoms with van der Waals surface area (Å²) in [5.74, 6) is 1.56. The number of nitrogens with one attached hydrogen (secondary N) is 1. The van der Waals surface area contributed by atoms with Crippen molar-refractivity contribution in [3.8, 4) is 0 Å². The van der Waals surface area contributed by atoms with Crippen LogP contribution in [0.5, 0.6) is 0 Å². The molecule has 0 radical (unpaired) electrons. The lowest BCUT2D eigenvalue weighted by atomic mass is 9.85. The molecule has 0 spiro atoms. The van der Waals surface area contributed by atoms with Crippen LogP contribution >= 0.6 is 15.9 Å². The molecule has 1 aromatic carbocycles. The summed E-state index contributed by atoms with van der Waals surface area (Å²) in [6, 6.07) is 9.35. The van der Waals surface area contributed by atoms with Gasteiger partial charge in [-0.05, 0) is 61.8 Å². The molecule has 1 aliphatic heterocycles. The van der Waals surface area contributed by atoms with Gasteiger partial charge in [-0.15, -0.1) is 0 Å². The van der Waals surface area contributed by atoms with Crippen molar-refractivity contribution in [1.29, 1.82) is 0 Å². The molecule has 0 aliphatic carbocycles. The van der Waals surface area contributed by atoms with Crippen LogP contribution in [-0.4, -0.2) is 25.8 Å². The highest BCUT2D eigenvalue weighted by Gasteiger charge is 2.19. The zero-order chi connectivity index (χ0) is 15.1. The molecular weight excluding hydrogens is 326 g/mol. The molecule has 0 bridgehead atoms. The van der Waals surface area contributed by atoms with Crippen LogP contribution in [-0.2, 0) is 11.2 Å². The Morgan fingerprint density at radius 3 is 2.48 bits per heavy atom. The molecule has 21 heavy (non-hydrogen) atoms. The average molecular weight is 354 g/mol. The summed E-state index contributed by atoms with van der Waals surface area (Å²) in [6.07, 6.45) is 4.96. The monoisotopic (exact) mass is 353 g/mol. The summed E-state index contributed by atoms with van der Waals surface area (Å²) in [4.78, 5) is 0. The predicted octanol–water partition coefficient (Wildman–Crippen LogP) is 4.42. The molecule has 1 N–H and O–H groups in total. The van der Waals surface area contributed by atoms with Crippen LogP contribution in [0.15, 0.2) is 28.7 Å². The van der Waals surface area contributed by atoms with Crippen molar-refractivity contribution in [1.82, 2.24) is 5.32 Å². The molecule has 118 valence electrons. The first-order valence-electron chi connectivity index (χ1n) is 8.19. The Morgan fingerprint density at radius 2 is 1.86 bits per heavy atom. The molecule has 2 rings (SSSR count). The first kappa shape index (κ1) is 17.0. The van der Waals surface area contributed by atoms with Gasteiger partial charge in [-0.2, -0.15) is 0 Å². The van der Waals surface area contributed by atoms with Gasteiger partial charge in [0.2, 0.25) is 0 Å². The Kier molecular flexibility index (Phi) is 7.21. The van der Waals surface area contributed by atoms with Gasteiger partial charge in [0.1, 0.15) is 0 Å². The molecule has 1 fully saturated rings. The first-order chi connectivity index (χ1) is 10.1. The minimum absolute atomic E-state index is 0.562. The minimum Gasteiger partial charge on any atom is -0.381 e. The second-order valence-corrected chi connectivity index (χ2v) is 7.47. The van der Waals surface area contributed by atoms with E-state index < -0.39 is 0 Å². The highest BCUT2D eigenvalue weighted by molar-refractivity contribution is 9.10. The highest BCUT2D eigenvalue weighted by Crippen LogP contribution is 2.25. The fourth-order valence-corrected chi connectivity index (χ4v) is 3.31. The molecule has 1 aromatic rings. The van der Waals surface area contributed by atoms with E-state index in [0.29, 0.717) is 6.04 Å². The van der Waals surface area contributed by atoms with Crippen LogP contribution in [0.4, 0.5) is 0 Å². The molecule has 1 heterocycles. The van der Waals surface area contributed by atoms with Crippen LogP contribution in [0.3, 0.4) is 0 Å². The van der Waals surface area contributed by atoms with E-state index in [9.17, 15) is 0 Å². The van der Waals surface area contributed by atoms with E-state index in [1.807, 2.05) is 0 Å².